The topological polar surface area (TPSA) is 79.5 Å². The highest BCUT2D eigenvalue weighted by atomic mass is 16.5. The Morgan fingerprint density at radius 2 is 2.12 bits per heavy atom. The molecule has 0 radical (unpaired) electrons. The van der Waals surface area contributed by atoms with Gasteiger partial charge in [-0.2, -0.15) is 5.10 Å². The van der Waals surface area contributed by atoms with Gasteiger partial charge in [-0.1, -0.05) is 0 Å². The highest BCUT2D eigenvalue weighted by Crippen LogP contribution is 2.27. The van der Waals surface area contributed by atoms with Gasteiger partial charge in [0.1, 0.15) is 11.5 Å². The van der Waals surface area contributed by atoms with Gasteiger partial charge in [0, 0.05) is 37.5 Å². The quantitative estimate of drug-likeness (QED) is 0.873. The molecule has 2 heterocycles. The fourth-order valence-corrected chi connectivity index (χ4v) is 3.18. The van der Waals surface area contributed by atoms with Gasteiger partial charge in [0.2, 0.25) is 0 Å². The van der Waals surface area contributed by atoms with Crippen LogP contribution in [-0.2, 0) is 6.54 Å². The van der Waals surface area contributed by atoms with Gasteiger partial charge in [-0.3, -0.25) is 5.10 Å². The van der Waals surface area contributed by atoms with Crippen LogP contribution < -0.4 is 14.8 Å². The minimum Gasteiger partial charge on any atom is -0.497 e. The Bertz CT molecular complexity index is 694. The molecule has 1 aliphatic rings. The molecule has 0 spiro atoms. The lowest BCUT2D eigenvalue weighted by Gasteiger charge is -2.31. The summed E-state index contributed by atoms with van der Waals surface area (Å²) in [5, 5.41) is 9.84. The highest BCUT2D eigenvalue weighted by molar-refractivity contribution is 5.74. The van der Waals surface area contributed by atoms with Crippen molar-refractivity contribution < 1.29 is 14.3 Å². The van der Waals surface area contributed by atoms with Gasteiger partial charge in [0.25, 0.3) is 0 Å². The number of H-pyrrole nitrogens is 1. The molecule has 1 saturated heterocycles. The van der Waals surface area contributed by atoms with Crippen molar-refractivity contribution in [3.05, 3.63) is 41.7 Å². The Morgan fingerprint density at radius 3 is 2.76 bits per heavy atom. The average Bonchev–Trinajstić information content (AvgIpc) is 3.20. The monoisotopic (exact) mass is 344 g/mol. The molecule has 1 aliphatic heterocycles. The number of aromatic amines is 1. The molecule has 134 valence electrons. The fourth-order valence-electron chi connectivity index (χ4n) is 3.18. The second-order valence-electron chi connectivity index (χ2n) is 6.13. The number of nitrogens with one attached hydrogen (secondary N) is 2. The number of benzene rings is 1. The smallest absolute Gasteiger partial charge is 0.317 e. The molecule has 0 bridgehead atoms. The first kappa shape index (κ1) is 17.1. The largest absolute Gasteiger partial charge is 0.497 e. The summed E-state index contributed by atoms with van der Waals surface area (Å²) in [6, 6.07) is 5.55. The molecule has 1 aromatic heterocycles. The predicted octanol–water partition coefficient (Wildman–Crippen LogP) is 2.52. The summed E-state index contributed by atoms with van der Waals surface area (Å²) in [6.07, 6.45) is 5.73. The van der Waals surface area contributed by atoms with Crippen molar-refractivity contribution in [1.82, 2.24) is 20.4 Å². The standard InChI is InChI=1S/C18H24N4O3/c1-24-16-4-3-14(17(9-16)25-2)10-19-18(23)22-7-5-13(6-8-22)15-11-20-21-12-15/h3-4,9,11-13H,5-8,10H2,1-2H3,(H,19,23)(H,20,21). The van der Waals surface area contributed by atoms with Crippen molar-refractivity contribution in [2.75, 3.05) is 27.3 Å². The Kier molecular flexibility index (Phi) is 5.42. The number of urea groups is 1. The van der Waals surface area contributed by atoms with Gasteiger partial charge < -0.3 is 19.7 Å². The summed E-state index contributed by atoms with van der Waals surface area (Å²) in [4.78, 5) is 14.3. The lowest BCUT2D eigenvalue weighted by molar-refractivity contribution is 0.181. The fraction of sp³-hybridized carbons (Fsp3) is 0.444. The van der Waals surface area contributed by atoms with Gasteiger partial charge >= 0.3 is 6.03 Å². The number of aromatic nitrogens is 2. The van der Waals surface area contributed by atoms with Gasteiger partial charge in [-0.05, 0) is 36.5 Å². The molecule has 2 amide bonds. The van der Waals surface area contributed by atoms with E-state index in [1.807, 2.05) is 35.5 Å². The van der Waals surface area contributed by atoms with Gasteiger partial charge in [-0.15, -0.1) is 0 Å². The molecule has 7 heteroatoms. The molecule has 2 N–H and O–H groups in total. The number of carbonyl (C=O) groups excluding carboxylic acids is 1. The maximum Gasteiger partial charge on any atom is 0.317 e. The van der Waals surface area contributed by atoms with E-state index in [4.69, 9.17) is 9.47 Å². The molecule has 25 heavy (non-hydrogen) atoms. The SMILES string of the molecule is COc1ccc(CNC(=O)N2CCC(c3cn[nH]c3)CC2)c(OC)c1. The van der Waals surface area contributed by atoms with Crippen LogP contribution in [0.15, 0.2) is 30.6 Å². The van der Waals surface area contributed by atoms with Crippen LogP contribution in [0, 0.1) is 0 Å². The molecule has 2 aromatic rings. The summed E-state index contributed by atoms with van der Waals surface area (Å²) in [6.45, 7) is 1.93. The van der Waals surface area contributed by atoms with Crippen LogP contribution in [0.1, 0.15) is 29.9 Å². The van der Waals surface area contributed by atoms with E-state index in [9.17, 15) is 4.79 Å². The first-order chi connectivity index (χ1) is 12.2. The number of hydrogen-bond acceptors (Lipinski definition) is 4. The Morgan fingerprint density at radius 1 is 1.32 bits per heavy atom. The van der Waals surface area contributed by atoms with Crippen molar-refractivity contribution in [2.24, 2.45) is 0 Å². The molecular weight excluding hydrogens is 320 g/mol. The molecule has 1 fully saturated rings. The van der Waals surface area contributed by atoms with Gasteiger partial charge in [-0.25, -0.2) is 4.79 Å². The van der Waals surface area contributed by atoms with E-state index < -0.39 is 0 Å². The first-order valence-corrected chi connectivity index (χ1v) is 8.43. The third-order valence-electron chi connectivity index (χ3n) is 4.70. The molecule has 7 nitrogen and oxygen atoms in total. The van der Waals surface area contributed by atoms with E-state index >= 15 is 0 Å². The summed E-state index contributed by atoms with van der Waals surface area (Å²) in [7, 11) is 3.23. The first-order valence-electron chi connectivity index (χ1n) is 8.43. The van der Waals surface area contributed by atoms with Crippen LogP contribution in [0.4, 0.5) is 4.79 Å². The zero-order chi connectivity index (χ0) is 17.6. The molecule has 3 rings (SSSR count). The number of piperidine rings is 1. The van der Waals surface area contributed by atoms with Crippen LogP contribution >= 0.6 is 0 Å². The predicted molar refractivity (Wildman–Crippen MR) is 93.9 cm³/mol. The van der Waals surface area contributed by atoms with Crippen LogP contribution in [0.2, 0.25) is 0 Å². The number of methoxy groups -OCH3 is 2. The minimum absolute atomic E-state index is 0.0384. The number of amides is 2. The molecule has 0 unspecified atom stereocenters. The maximum atomic E-state index is 12.4. The zero-order valence-corrected chi connectivity index (χ0v) is 14.6. The molecule has 0 aliphatic carbocycles. The lowest BCUT2D eigenvalue weighted by Crippen LogP contribution is -2.43. The number of carbonyl (C=O) groups is 1. The van der Waals surface area contributed by atoms with E-state index in [0.717, 1.165) is 37.2 Å². The summed E-state index contributed by atoms with van der Waals surface area (Å²) < 4.78 is 10.6. The Labute approximate surface area is 147 Å². The van der Waals surface area contributed by atoms with Crippen LogP contribution in [0.25, 0.3) is 0 Å². The van der Waals surface area contributed by atoms with Crippen molar-refractivity contribution in [2.45, 2.75) is 25.3 Å². The van der Waals surface area contributed by atoms with E-state index in [2.05, 4.69) is 15.5 Å². The Hall–Kier alpha value is -2.70. The number of likely N-dealkylation sites (tertiary alicyclic amines) is 1. The lowest BCUT2D eigenvalue weighted by atomic mass is 9.92. The van der Waals surface area contributed by atoms with E-state index in [1.165, 1.54) is 5.56 Å². The number of hydrogen-bond donors (Lipinski definition) is 2. The second kappa shape index (κ2) is 7.92. The number of nitrogens with zero attached hydrogens (tertiary/aromatic N) is 2. The number of rotatable bonds is 5. The van der Waals surface area contributed by atoms with Crippen molar-refractivity contribution in [3.63, 3.8) is 0 Å². The van der Waals surface area contributed by atoms with Crippen LogP contribution in [-0.4, -0.2) is 48.4 Å². The van der Waals surface area contributed by atoms with Crippen molar-refractivity contribution in [3.8, 4) is 11.5 Å². The van der Waals surface area contributed by atoms with Gasteiger partial charge in [0.05, 0.1) is 20.4 Å². The van der Waals surface area contributed by atoms with Crippen LogP contribution in [0.5, 0.6) is 11.5 Å². The van der Waals surface area contributed by atoms with E-state index in [0.29, 0.717) is 18.2 Å². The zero-order valence-electron chi connectivity index (χ0n) is 14.6. The van der Waals surface area contributed by atoms with Crippen molar-refractivity contribution >= 4 is 6.03 Å². The second-order valence-corrected chi connectivity index (χ2v) is 6.13. The van der Waals surface area contributed by atoms with E-state index in [-0.39, 0.29) is 6.03 Å². The minimum atomic E-state index is -0.0384. The Balaban J connectivity index is 1.52. The average molecular weight is 344 g/mol. The molecular formula is C18H24N4O3. The third-order valence-corrected chi connectivity index (χ3v) is 4.70. The third kappa shape index (κ3) is 4.04. The summed E-state index contributed by atoms with van der Waals surface area (Å²) in [5.74, 6) is 1.91. The van der Waals surface area contributed by atoms with Gasteiger partial charge in [0.15, 0.2) is 0 Å². The maximum absolute atomic E-state index is 12.4. The normalized spacial score (nSPS) is 15.0. The molecule has 0 atom stereocenters. The summed E-state index contributed by atoms with van der Waals surface area (Å²) in [5.41, 5.74) is 2.15. The van der Waals surface area contributed by atoms with E-state index in [1.54, 1.807) is 14.2 Å². The van der Waals surface area contributed by atoms with Crippen LogP contribution in [0.3, 0.4) is 0 Å². The van der Waals surface area contributed by atoms with Crippen molar-refractivity contribution in [1.29, 1.82) is 0 Å². The molecule has 0 saturated carbocycles. The molecule has 1 aromatic carbocycles. The highest BCUT2D eigenvalue weighted by Gasteiger charge is 2.24. The summed E-state index contributed by atoms with van der Waals surface area (Å²) >= 11 is 0. The number of ether oxygens (including phenoxy) is 2.